The van der Waals surface area contributed by atoms with Gasteiger partial charge in [-0.25, -0.2) is 4.79 Å². The summed E-state index contributed by atoms with van der Waals surface area (Å²) in [5, 5.41) is 16.3. The maximum atomic E-state index is 11.1. The topological polar surface area (TPSA) is 61.6 Å². The molecule has 0 radical (unpaired) electrons. The third-order valence-corrected chi connectivity index (χ3v) is 1.67. The normalized spacial score (nSPS) is 19.5. The predicted molar refractivity (Wildman–Crippen MR) is 43.5 cm³/mol. The minimum Gasteiger partial charge on any atom is -0.715 e. The van der Waals surface area contributed by atoms with E-state index in [0.717, 1.165) is 4.74 Å². The number of nitrogens with one attached hydrogen (secondary N) is 1. The molecule has 0 aromatic carbocycles. The highest BCUT2D eigenvalue weighted by Crippen LogP contribution is 1.90. The third-order valence-electron chi connectivity index (χ3n) is 1.67. The van der Waals surface area contributed by atoms with Gasteiger partial charge in [-0.15, -0.1) is 0 Å². The van der Waals surface area contributed by atoms with Crippen molar-refractivity contribution in [3.63, 3.8) is 0 Å². The Kier molecular flexibility index (Phi) is 2.37. The van der Waals surface area contributed by atoms with E-state index in [2.05, 4.69) is 5.32 Å². The van der Waals surface area contributed by atoms with Crippen LogP contribution in [0.3, 0.4) is 0 Å². The number of carbonyl (C=O) groups is 1. The van der Waals surface area contributed by atoms with Gasteiger partial charge in [0.2, 0.25) is 0 Å². The largest absolute Gasteiger partial charge is 0.715 e. The van der Waals surface area contributed by atoms with Crippen molar-refractivity contribution in [3.05, 3.63) is 5.21 Å². The van der Waals surface area contributed by atoms with Crippen LogP contribution in [0.4, 0.5) is 4.79 Å². The third kappa shape index (κ3) is 1.77. The number of rotatable bonds is 0. The van der Waals surface area contributed by atoms with Gasteiger partial charge in [-0.1, -0.05) is 0 Å². The number of urea groups is 1. The Bertz CT molecular complexity index is 216. The summed E-state index contributed by atoms with van der Waals surface area (Å²) in [6.07, 6.45) is 1.33. The first-order chi connectivity index (χ1) is 5.61. The number of nitrogens with zero attached hydrogens (tertiary/aromatic N) is 3. The van der Waals surface area contributed by atoms with Crippen LogP contribution in [0.1, 0.15) is 0 Å². The van der Waals surface area contributed by atoms with E-state index in [1.165, 1.54) is 16.4 Å². The SMILES string of the molecule is CN1C=[N+]([O-])CCNC(=O)N1C. The summed E-state index contributed by atoms with van der Waals surface area (Å²) < 4.78 is 0.774. The van der Waals surface area contributed by atoms with Crippen molar-refractivity contribution in [2.45, 2.75) is 0 Å². The zero-order valence-corrected chi connectivity index (χ0v) is 7.15. The van der Waals surface area contributed by atoms with Crippen molar-refractivity contribution in [2.24, 2.45) is 0 Å². The van der Waals surface area contributed by atoms with Gasteiger partial charge in [0, 0.05) is 0 Å². The molecular formula is C6H12N4O2. The first-order valence-electron chi connectivity index (χ1n) is 3.64. The predicted octanol–water partition coefficient (Wildman–Crippen LogP) is -0.973. The minimum absolute atomic E-state index is 0.207. The van der Waals surface area contributed by atoms with E-state index in [1.807, 2.05) is 0 Å². The van der Waals surface area contributed by atoms with Crippen LogP contribution >= 0.6 is 0 Å². The molecule has 6 nitrogen and oxygen atoms in total. The molecule has 1 aliphatic rings. The van der Waals surface area contributed by atoms with Crippen molar-refractivity contribution >= 4 is 12.4 Å². The summed E-state index contributed by atoms with van der Waals surface area (Å²) in [6.45, 7) is 0.654. The fourth-order valence-corrected chi connectivity index (χ4v) is 0.852. The van der Waals surface area contributed by atoms with Crippen molar-refractivity contribution in [1.29, 1.82) is 0 Å². The molecule has 0 saturated heterocycles. The molecule has 2 amide bonds. The Labute approximate surface area is 70.6 Å². The van der Waals surface area contributed by atoms with Crippen molar-refractivity contribution < 1.29 is 9.53 Å². The lowest BCUT2D eigenvalue weighted by molar-refractivity contribution is -0.457. The molecule has 12 heavy (non-hydrogen) atoms. The highest BCUT2D eigenvalue weighted by atomic mass is 16.5. The Hall–Kier alpha value is -1.46. The van der Waals surface area contributed by atoms with Crippen LogP contribution in [0.2, 0.25) is 0 Å². The molecule has 1 rings (SSSR count). The van der Waals surface area contributed by atoms with E-state index in [4.69, 9.17) is 0 Å². The highest BCUT2D eigenvalue weighted by Gasteiger charge is 2.17. The standard InChI is InChI=1S/C6H12N4O2/c1-8-5-10(12)4-3-7-6(11)9(8)2/h5H,3-4H2,1-2H3,(H,7,11). The molecule has 1 N–H and O–H groups in total. The average molecular weight is 172 g/mol. The monoisotopic (exact) mass is 172 g/mol. The smallest absolute Gasteiger partial charge is 0.352 e. The summed E-state index contributed by atoms with van der Waals surface area (Å²) >= 11 is 0. The van der Waals surface area contributed by atoms with Crippen LogP contribution in [0.25, 0.3) is 0 Å². The Morgan fingerprint density at radius 3 is 3.00 bits per heavy atom. The maximum Gasteiger partial charge on any atom is 0.352 e. The molecule has 1 heterocycles. The lowest BCUT2D eigenvalue weighted by Crippen LogP contribution is -2.50. The van der Waals surface area contributed by atoms with E-state index in [-0.39, 0.29) is 12.6 Å². The van der Waals surface area contributed by atoms with Gasteiger partial charge in [0.1, 0.15) is 13.6 Å². The quantitative estimate of drug-likeness (QED) is 0.377. The van der Waals surface area contributed by atoms with Gasteiger partial charge in [-0.2, -0.15) is 10.0 Å². The number of hydroxylamine groups is 1. The van der Waals surface area contributed by atoms with Gasteiger partial charge in [0.15, 0.2) is 0 Å². The van der Waals surface area contributed by atoms with E-state index < -0.39 is 0 Å². The second-order valence-corrected chi connectivity index (χ2v) is 2.59. The molecule has 68 valence electrons. The Balaban J connectivity index is 2.74. The molecule has 0 fully saturated rings. The minimum atomic E-state index is -0.207. The average Bonchev–Trinajstić information content (AvgIpc) is 2.01. The molecular weight excluding hydrogens is 160 g/mol. The van der Waals surface area contributed by atoms with E-state index in [1.54, 1.807) is 14.1 Å². The van der Waals surface area contributed by atoms with Gasteiger partial charge in [0.25, 0.3) is 6.34 Å². The molecule has 0 atom stereocenters. The molecule has 0 unspecified atom stereocenters. The number of amides is 2. The zero-order valence-electron chi connectivity index (χ0n) is 7.15. The van der Waals surface area contributed by atoms with Crippen molar-refractivity contribution in [3.8, 4) is 0 Å². The van der Waals surface area contributed by atoms with Crippen molar-refractivity contribution in [2.75, 3.05) is 27.2 Å². The first kappa shape index (κ1) is 8.63. The molecule has 6 heteroatoms. The number of hydrazine groups is 1. The Morgan fingerprint density at radius 1 is 1.67 bits per heavy atom. The lowest BCUT2D eigenvalue weighted by atomic mass is 10.6. The molecule has 1 aliphatic heterocycles. The molecule has 0 spiro atoms. The number of carbonyl (C=O) groups excluding carboxylic acids is 1. The molecule has 0 aromatic heterocycles. The number of hydrogen-bond acceptors (Lipinski definition) is 3. The van der Waals surface area contributed by atoms with Gasteiger partial charge < -0.3 is 10.5 Å². The van der Waals surface area contributed by atoms with Gasteiger partial charge >= 0.3 is 6.03 Å². The zero-order chi connectivity index (χ0) is 9.14. The summed E-state index contributed by atoms with van der Waals surface area (Å²) in [5.41, 5.74) is 0. The van der Waals surface area contributed by atoms with Crippen LogP contribution in [-0.4, -0.2) is 54.3 Å². The lowest BCUT2D eigenvalue weighted by Gasteiger charge is -2.24. The summed E-state index contributed by atoms with van der Waals surface area (Å²) in [4.78, 5) is 11.1. The van der Waals surface area contributed by atoms with E-state index in [0.29, 0.717) is 6.54 Å². The maximum absolute atomic E-state index is 11.1. The van der Waals surface area contributed by atoms with E-state index >= 15 is 0 Å². The van der Waals surface area contributed by atoms with Crippen molar-refractivity contribution in [1.82, 2.24) is 15.3 Å². The summed E-state index contributed by atoms with van der Waals surface area (Å²) in [7, 11) is 3.22. The van der Waals surface area contributed by atoms with Gasteiger partial charge in [-0.05, 0) is 0 Å². The fraction of sp³-hybridized carbons (Fsp3) is 0.667. The van der Waals surface area contributed by atoms with Gasteiger partial charge in [0.05, 0.1) is 13.6 Å². The number of hydrogen-bond donors (Lipinski definition) is 1. The molecule has 0 saturated carbocycles. The van der Waals surface area contributed by atoms with Crippen LogP contribution in [0.15, 0.2) is 0 Å². The summed E-state index contributed by atoms with van der Waals surface area (Å²) in [5.74, 6) is 0. The van der Waals surface area contributed by atoms with Crippen LogP contribution in [0.5, 0.6) is 0 Å². The molecule has 0 aliphatic carbocycles. The van der Waals surface area contributed by atoms with Crippen LogP contribution in [-0.2, 0) is 0 Å². The molecule has 0 aromatic rings. The van der Waals surface area contributed by atoms with Crippen LogP contribution < -0.4 is 5.32 Å². The van der Waals surface area contributed by atoms with Gasteiger partial charge in [-0.3, -0.25) is 4.74 Å². The molecule has 0 bridgehead atoms. The highest BCUT2D eigenvalue weighted by molar-refractivity contribution is 5.75. The second-order valence-electron chi connectivity index (χ2n) is 2.59. The van der Waals surface area contributed by atoms with Crippen LogP contribution in [0, 0.1) is 5.21 Å². The summed E-state index contributed by atoms with van der Waals surface area (Å²) in [6, 6.07) is -0.207. The second kappa shape index (κ2) is 3.29. The fourth-order valence-electron chi connectivity index (χ4n) is 0.852. The van der Waals surface area contributed by atoms with E-state index in [9.17, 15) is 10.0 Å². The first-order valence-corrected chi connectivity index (χ1v) is 3.64. The Morgan fingerprint density at radius 2 is 2.33 bits per heavy atom.